The lowest BCUT2D eigenvalue weighted by molar-refractivity contribution is 0.0938. The Morgan fingerprint density at radius 3 is 2.15 bits per heavy atom. The van der Waals surface area contributed by atoms with Crippen molar-refractivity contribution < 1.29 is 18.3 Å². The van der Waals surface area contributed by atoms with Gasteiger partial charge in [-0.15, -0.1) is 0 Å². The summed E-state index contributed by atoms with van der Waals surface area (Å²) in [5, 5.41) is 13.8. The first kappa shape index (κ1) is 24.2. The summed E-state index contributed by atoms with van der Waals surface area (Å²) in [4.78, 5) is 0. The Hall–Kier alpha value is -0.820. The first-order valence-electron chi connectivity index (χ1n) is 10.5. The van der Waals surface area contributed by atoms with E-state index in [0.717, 1.165) is 25.7 Å². The van der Waals surface area contributed by atoms with Crippen LogP contribution in [0.2, 0.25) is 0 Å². The van der Waals surface area contributed by atoms with Gasteiger partial charge in [-0.05, 0) is 30.8 Å². The molecule has 6 heteroatoms. The second-order valence-corrected chi connectivity index (χ2v) is 9.37. The monoisotopic (exact) mass is 401 g/mol. The van der Waals surface area contributed by atoms with E-state index < -0.39 is 16.0 Å². The van der Waals surface area contributed by atoms with Crippen LogP contribution in [0.15, 0.2) is 16.5 Å². The van der Waals surface area contributed by atoms with Gasteiger partial charge in [0.1, 0.15) is 11.5 Å². The van der Waals surface area contributed by atoms with Gasteiger partial charge in [0.05, 0.1) is 15.6 Å². The van der Waals surface area contributed by atoms with Crippen LogP contribution >= 0.6 is 0 Å². The zero-order valence-corrected chi connectivity index (χ0v) is 17.9. The molecular weight excluding hydrogens is 362 g/mol. The average molecular weight is 402 g/mol. The Bertz CT molecular complexity index is 597. The quantitative estimate of drug-likeness (QED) is 0.200. The SMILES string of the molecule is C=S(=O)(O)Cc1ccc(C(O)NC(CCCCCC)CCCCCCC)o1. The Labute approximate surface area is 165 Å². The average Bonchev–Trinajstić information content (AvgIpc) is 3.04. The predicted molar refractivity (Wildman–Crippen MR) is 114 cm³/mol. The molecule has 3 atom stereocenters. The molecule has 5 nitrogen and oxygen atoms in total. The zero-order valence-electron chi connectivity index (χ0n) is 17.1. The van der Waals surface area contributed by atoms with Crippen molar-refractivity contribution in [3.05, 3.63) is 23.7 Å². The second-order valence-electron chi connectivity index (χ2n) is 7.54. The van der Waals surface area contributed by atoms with Crippen LogP contribution in [-0.4, -0.2) is 25.8 Å². The highest BCUT2D eigenvalue weighted by Crippen LogP contribution is 2.20. The van der Waals surface area contributed by atoms with Crippen molar-refractivity contribution in [1.82, 2.24) is 5.32 Å². The number of unbranched alkanes of at least 4 members (excludes halogenated alkanes) is 7. The van der Waals surface area contributed by atoms with Crippen LogP contribution in [0.5, 0.6) is 0 Å². The van der Waals surface area contributed by atoms with Crippen LogP contribution in [0.4, 0.5) is 0 Å². The van der Waals surface area contributed by atoms with E-state index in [-0.39, 0.29) is 11.8 Å². The summed E-state index contributed by atoms with van der Waals surface area (Å²) in [5.41, 5.74) is 0. The minimum atomic E-state index is -3.15. The van der Waals surface area contributed by atoms with Gasteiger partial charge in [-0.1, -0.05) is 71.6 Å². The number of rotatable bonds is 16. The molecule has 0 aromatic carbocycles. The molecule has 1 aromatic rings. The molecule has 1 rings (SSSR count). The Balaban J connectivity index is 2.54. The fraction of sp³-hybridized carbons (Fsp3) is 0.762. The van der Waals surface area contributed by atoms with Crippen molar-refractivity contribution >= 4 is 15.7 Å². The zero-order chi connectivity index (χ0) is 20.1. The van der Waals surface area contributed by atoms with Gasteiger partial charge in [0.2, 0.25) is 0 Å². The highest BCUT2D eigenvalue weighted by atomic mass is 32.2. The lowest BCUT2D eigenvalue weighted by Gasteiger charge is -2.22. The second kappa shape index (κ2) is 13.4. The molecule has 0 aliphatic carbocycles. The van der Waals surface area contributed by atoms with E-state index in [2.05, 4.69) is 25.0 Å². The largest absolute Gasteiger partial charge is 0.461 e. The number of furan rings is 1. The molecule has 3 unspecified atom stereocenters. The maximum atomic E-state index is 11.4. The highest BCUT2D eigenvalue weighted by molar-refractivity contribution is 7.94. The van der Waals surface area contributed by atoms with Crippen molar-refractivity contribution in [3.8, 4) is 0 Å². The van der Waals surface area contributed by atoms with Crippen LogP contribution in [0, 0.1) is 0 Å². The van der Waals surface area contributed by atoms with Gasteiger partial charge in [0.25, 0.3) is 0 Å². The molecule has 0 aliphatic rings. The molecule has 0 saturated heterocycles. The van der Waals surface area contributed by atoms with Crippen molar-refractivity contribution in [3.63, 3.8) is 0 Å². The van der Waals surface area contributed by atoms with Crippen LogP contribution in [0.1, 0.15) is 102 Å². The molecule has 3 N–H and O–H groups in total. The molecule has 1 aromatic heterocycles. The summed E-state index contributed by atoms with van der Waals surface area (Å²) in [6.07, 6.45) is 12.2. The molecule has 0 radical (unpaired) electrons. The van der Waals surface area contributed by atoms with E-state index in [1.54, 1.807) is 12.1 Å². The molecule has 27 heavy (non-hydrogen) atoms. The molecule has 0 amide bonds. The fourth-order valence-electron chi connectivity index (χ4n) is 3.27. The van der Waals surface area contributed by atoms with E-state index in [0.29, 0.717) is 11.5 Å². The summed E-state index contributed by atoms with van der Waals surface area (Å²) in [6.45, 7) is 4.42. The number of hydrogen-bond donors (Lipinski definition) is 3. The molecule has 0 bridgehead atoms. The van der Waals surface area contributed by atoms with Crippen molar-refractivity contribution in [1.29, 1.82) is 0 Å². The van der Waals surface area contributed by atoms with Gasteiger partial charge in [0, 0.05) is 6.04 Å². The van der Waals surface area contributed by atoms with Crippen molar-refractivity contribution in [2.24, 2.45) is 0 Å². The highest BCUT2D eigenvalue weighted by Gasteiger charge is 2.18. The minimum absolute atomic E-state index is 0.141. The Morgan fingerprint density at radius 2 is 1.59 bits per heavy atom. The van der Waals surface area contributed by atoms with Gasteiger partial charge < -0.3 is 14.1 Å². The Kier molecular flexibility index (Phi) is 12.0. The maximum absolute atomic E-state index is 11.4. The van der Waals surface area contributed by atoms with Crippen LogP contribution < -0.4 is 5.32 Å². The summed E-state index contributed by atoms with van der Waals surface area (Å²) in [7, 11) is -3.15. The van der Waals surface area contributed by atoms with Crippen LogP contribution in [-0.2, 0) is 15.6 Å². The van der Waals surface area contributed by atoms with E-state index in [4.69, 9.17) is 4.42 Å². The molecule has 158 valence electrons. The minimum Gasteiger partial charge on any atom is -0.461 e. The third-order valence-electron chi connectivity index (χ3n) is 4.78. The normalized spacial score (nSPS) is 16.1. The third-order valence-corrected chi connectivity index (χ3v) is 5.51. The third kappa shape index (κ3) is 11.6. The van der Waals surface area contributed by atoms with Gasteiger partial charge in [-0.25, -0.2) is 4.21 Å². The number of hydrogen-bond acceptors (Lipinski definition) is 4. The lowest BCUT2D eigenvalue weighted by atomic mass is 10.0. The van der Waals surface area contributed by atoms with E-state index >= 15 is 0 Å². The molecule has 0 fully saturated rings. The first-order chi connectivity index (χ1) is 12.9. The van der Waals surface area contributed by atoms with E-state index in [9.17, 15) is 13.9 Å². The van der Waals surface area contributed by atoms with Gasteiger partial charge in [0.15, 0.2) is 6.23 Å². The van der Waals surface area contributed by atoms with Gasteiger partial charge >= 0.3 is 0 Å². The number of nitrogens with one attached hydrogen (secondary N) is 1. The maximum Gasteiger partial charge on any atom is 0.164 e. The molecule has 0 aliphatic heterocycles. The molecule has 0 spiro atoms. The molecule has 0 saturated carbocycles. The topological polar surface area (TPSA) is 82.7 Å². The first-order valence-corrected chi connectivity index (χ1v) is 12.3. The lowest BCUT2D eigenvalue weighted by Crippen LogP contribution is -2.32. The standard InChI is InChI=1S/C21H39NO4S/c1-4-6-8-10-12-14-18(13-11-9-7-5-2)22-21(23)20-16-15-19(26-20)17-27(3,24)25/h15-16,18,21-23H,3-14,17H2,1-2H3,(H,24,25). The summed E-state index contributed by atoms with van der Waals surface area (Å²) in [6, 6.07) is 3.54. The number of aliphatic hydroxyl groups excluding tert-OH is 1. The van der Waals surface area contributed by atoms with Crippen molar-refractivity contribution in [2.75, 3.05) is 0 Å². The predicted octanol–water partition coefficient (Wildman–Crippen LogP) is 5.25. The smallest absolute Gasteiger partial charge is 0.164 e. The molecule has 1 heterocycles. The fourth-order valence-corrected chi connectivity index (χ4v) is 3.87. The van der Waals surface area contributed by atoms with Crippen LogP contribution in [0.25, 0.3) is 0 Å². The summed E-state index contributed by atoms with van der Waals surface area (Å²) >= 11 is 0. The Morgan fingerprint density at radius 1 is 1.04 bits per heavy atom. The number of aliphatic hydroxyl groups is 1. The van der Waals surface area contributed by atoms with E-state index in [1.165, 1.54) is 44.9 Å². The van der Waals surface area contributed by atoms with Crippen molar-refractivity contribution in [2.45, 2.75) is 102 Å². The summed E-state index contributed by atoms with van der Waals surface area (Å²) < 4.78 is 26.3. The summed E-state index contributed by atoms with van der Waals surface area (Å²) in [5.74, 6) is 3.83. The van der Waals surface area contributed by atoms with Gasteiger partial charge in [-0.2, -0.15) is 0 Å². The van der Waals surface area contributed by atoms with Gasteiger partial charge in [-0.3, -0.25) is 5.32 Å². The van der Waals surface area contributed by atoms with Crippen LogP contribution in [0.3, 0.4) is 0 Å². The van der Waals surface area contributed by atoms with E-state index in [1.807, 2.05) is 0 Å². The molecular formula is C21H39NO4S.